The van der Waals surface area contributed by atoms with Gasteiger partial charge >= 0.3 is 6.18 Å². The summed E-state index contributed by atoms with van der Waals surface area (Å²) in [6, 6.07) is 4.83. The van der Waals surface area contributed by atoms with Gasteiger partial charge < -0.3 is 15.6 Å². The molecule has 0 bridgehead atoms. The van der Waals surface area contributed by atoms with Crippen LogP contribution in [-0.4, -0.2) is 23.9 Å². The Kier molecular flexibility index (Phi) is 4.00. The van der Waals surface area contributed by atoms with Crippen LogP contribution in [0.4, 0.5) is 13.2 Å². The number of alkyl halides is 3. The Morgan fingerprint density at radius 2 is 1.88 bits per heavy atom. The molecule has 1 atom stereocenters. The zero-order valence-corrected chi connectivity index (χ0v) is 9.29. The molecule has 6 heteroatoms. The predicted molar refractivity (Wildman–Crippen MR) is 56.6 cm³/mol. The summed E-state index contributed by atoms with van der Waals surface area (Å²) >= 11 is 0. The molecule has 0 radical (unpaired) electrons. The molecule has 0 saturated heterocycles. The Morgan fingerprint density at radius 3 is 2.41 bits per heavy atom. The lowest BCUT2D eigenvalue weighted by Crippen LogP contribution is -2.40. The van der Waals surface area contributed by atoms with E-state index in [-0.39, 0.29) is 18.9 Å². The molecule has 0 aliphatic heterocycles. The quantitative estimate of drug-likeness (QED) is 0.855. The molecule has 0 heterocycles. The molecule has 17 heavy (non-hydrogen) atoms. The van der Waals surface area contributed by atoms with E-state index in [0.29, 0.717) is 0 Å². The smallest absolute Gasteiger partial charge is 0.419 e. The fourth-order valence-electron chi connectivity index (χ4n) is 1.12. The van der Waals surface area contributed by atoms with Crippen LogP contribution < -0.4 is 10.5 Å². The minimum atomic E-state index is -4.48. The molecule has 3 nitrogen and oxygen atoms in total. The number of rotatable bonds is 4. The normalized spacial score (nSPS) is 15.4. The number of hydrogen-bond acceptors (Lipinski definition) is 3. The fourth-order valence-corrected chi connectivity index (χ4v) is 1.12. The minimum absolute atomic E-state index is 0.0960. The average Bonchev–Trinajstić information content (AvgIpc) is 2.26. The van der Waals surface area contributed by atoms with E-state index in [1.807, 2.05) is 0 Å². The van der Waals surface area contributed by atoms with Crippen LogP contribution in [0.15, 0.2) is 24.3 Å². The number of ether oxygens (including phenoxy) is 1. The van der Waals surface area contributed by atoms with Crippen molar-refractivity contribution in [2.75, 3.05) is 13.2 Å². The van der Waals surface area contributed by atoms with Crippen LogP contribution in [0.5, 0.6) is 5.75 Å². The minimum Gasteiger partial charge on any atom is -0.490 e. The van der Waals surface area contributed by atoms with Crippen LogP contribution in [0, 0.1) is 0 Å². The van der Waals surface area contributed by atoms with Crippen molar-refractivity contribution < 1.29 is 23.0 Å². The van der Waals surface area contributed by atoms with Crippen LogP contribution in [0.3, 0.4) is 0 Å². The van der Waals surface area contributed by atoms with E-state index in [0.717, 1.165) is 6.07 Å². The van der Waals surface area contributed by atoms with Gasteiger partial charge in [0.1, 0.15) is 18.0 Å². The number of aliphatic hydroxyl groups is 1. The van der Waals surface area contributed by atoms with Crippen LogP contribution in [0.2, 0.25) is 0 Å². The van der Waals surface area contributed by atoms with Gasteiger partial charge in [-0.2, -0.15) is 13.2 Å². The zero-order chi connectivity index (χ0) is 13.1. The summed E-state index contributed by atoms with van der Waals surface area (Å²) < 4.78 is 42.7. The van der Waals surface area contributed by atoms with Crippen molar-refractivity contribution in [1.82, 2.24) is 0 Å². The summed E-state index contributed by atoms with van der Waals surface area (Å²) in [5.41, 5.74) is 3.03. The fraction of sp³-hybridized carbons (Fsp3) is 0.455. The Balaban J connectivity index is 2.85. The molecule has 0 aliphatic carbocycles. The summed E-state index contributed by atoms with van der Waals surface area (Å²) in [7, 11) is 0. The number of nitrogens with two attached hydrogens (primary N) is 1. The molecular formula is C11H14F3NO2. The van der Waals surface area contributed by atoms with Crippen molar-refractivity contribution in [3.05, 3.63) is 29.8 Å². The molecule has 0 saturated carbocycles. The first kappa shape index (κ1) is 13.8. The Bertz CT molecular complexity index is 377. The van der Waals surface area contributed by atoms with Crippen molar-refractivity contribution in [3.63, 3.8) is 0 Å². The summed E-state index contributed by atoms with van der Waals surface area (Å²) in [5, 5.41) is 9.55. The highest BCUT2D eigenvalue weighted by Gasteiger charge is 2.34. The number of benzene rings is 1. The van der Waals surface area contributed by atoms with Gasteiger partial charge in [-0.1, -0.05) is 12.1 Å². The number of para-hydroxylation sites is 1. The second-order valence-electron chi connectivity index (χ2n) is 3.98. The first-order valence-corrected chi connectivity index (χ1v) is 4.98. The Labute approximate surface area is 97.0 Å². The maximum absolute atomic E-state index is 12.6. The second kappa shape index (κ2) is 4.93. The van der Waals surface area contributed by atoms with E-state index in [1.165, 1.54) is 25.1 Å². The van der Waals surface area contributed by atoms with Gasteiger partial charge in [-0.3, -0.25) is 0 Å². The third-order valence-corrected chi connectivity index (χ3v) is 2.17. The Hall–Kier alpha value is -1.27. The summed E-state index contributed by atoms with van der Waals surface area (Å²) in [6.07, 6.45) is -4.48. The Morgan fingerprint density at radius 1 is 1.29 bits per heavy atom. The van der Waals surface area contributed by atoms with Crippen molar-refractivity contribution in [2.24, 2.45) is 5.73 Å². The molecule has 1 unspecified atom stereocenters. The molecule has 0 amide bonds. The van der Waals surface area contributed by atoms with Gasteiger partial charge in [0.2, 0.25) is 0 Å². The molecule has 1 aromatic rings. The first-order valence-electron chi connectivity index (χ1n) is 4.98. The van der Waals surface area contributed by atoms with E-state index in [2.05, 4.69) is 0 Å². The van der Waals surface area contributed by atoms with Crippen molar-refractivity contribution in [3.8, 4) is 5.75 Å². The lowest BCUT2D eigenvalue weighted by molar-refractivity contribution is -0.139. The van der Waals surface area contributed by atoms with E-state index >= 15 is 0 Å². The van der Waals surface area contributed by atoms with E-state index in [1.54, 1.807) is 0 Å². The lowest BCUT2D eigenvalue weighted by Gasteiger charge is -2.22. The SMILES string of the molecule is CC(O)(CN)COc1ccccc1C(F)(F)F. The molecule has 3 N–H and O–H groups in total. The maximum atomic E-state index is 12.6. The van der Waals surface area contributed by atoms with E-state index in [4.69, 9.17) is 10.5 Å². The number of hydrogen-bond donors (Lipinski definition) is 2. The lowest BCUT2D eigenvalue weighted by atomic mass is 10.1. The summed E-state index contributed by atoms with van der Waals surface area (Å²) in [4.78, 5) is 0. The average molecular weight is 249 g/mol. The van der Waals surface area contributed by atoms with Gasteiger partial charge in [0.25, 0.3) is 0 Å². The molecule has 96 valence electrons. The molecule has 0 aromatic heterocycles. The highest BCUT2D eigenvalue weighted by Crippen LogP contribution is 2.36. The van der Waals surface area contributed by atoms with Gasteiger partial charge in [-0.05, 0) is 19.1 Å². The molecule has 1 aromatic carbocycles. The molecule has 0 aliphatic rings. The van der Waals surface area contributed by atoms with Crippen molar-refractivity contribution in [1.29, 1.82) is 0 Å². The van der Waals surface area contributed by atoms with E-state index in [9.17, 15) is 18.3 Å². The topological polar surface area (TPSA) is 55.5 Å². The highest BCUT2D eigenvalue weighted by atomic mass is 19.4. The standard InChI is InChI=1S/C11H14F3NO2/c1-10(16,6-15)7-17-9-5-3-2-4-8(9)11(12,13)14/h2-5,16H,6-7,15H2,1H3. The monoisotopic (exact) mass is 249 g/mol. The summed E-state index contributed by atoms with van der Waals surface area (Å²) in [6.45, 7) is 1.00. The predicted octanol–water partition coefficient (Wildman–Crippen LogP) is 1.79. The molecule has 0 fully saturated rings. The molecule has 0 spiro atoms. The van der Waals surface area contributed by atoms with Crippen LogP contribution >= 0.6 is 0 Å². The second-order valence-corrected chi connectivity index (χ2v) is 3.98. The summed E-state index contributed by atoms with van der Waals surface area (Å²) in [5.74, 6) is -0.311. The van der Waals surface area contributed by atoms with Crippen molar-refractivity contribution >= 4 is 0 Å². The highest BCUT2D eigenvalue weighted by molar-refractivity contribution is 5.35. The molecule has 1 rings (SSSR count). The van der Waals surface area contributed by atoms with Crippen molar-refractivity contribution in [2.45, 2.75) is 18.7 Å². The van der Waals surface area contributed by atoms with Gasteiger partial charge in [-0.25, -0.2) is 0 Å². The van der Waals surface area contributed by atoms with Gasteiger partial charge in [0, 0.05) is 6.54 Å². The first-order chi connectivity index (χ1) is 7.76. The van der Waals surface area contributed by atoms with Gasteiger partial charge in [0.05, 0.1) is 5.56 Å². The van der Waals surface area contributed by atoms with Crippen LogP contribution in [0.1, 0.15) is 12.5 Å². The van der Waals surface area contributed by atoms with Gasteiger partial charge in [0.15, 0.2) is 0 Å². The molecular weight excluding hydrogens is 235 g/mol. The third kappa shape index (κ3) is 3.90. The maximum Gasteiger partial charge on any atom is 0.419 e. The largest absolute Gasteiger partial charge is 0.490 e. The van der Waals surface area contributed by atoms with Crippen LogP contribution in [0.25, 0.3) is 0 Å². The van der Waals surface area contributed by atoms with Crippen LogP contribution in [-0.2, 0) is 6.18 Å². The third-order valence-electron chi connectivity index (χ3n) is 2.17. The number of halogens is 3. The van der Waals surface area contributed by atoms with E-state index < -0.39 is 17.3 Å². The van der Waals surface area contributed by atoms with Gasteiger partial charge in [-0.15, -0.1) is 0 Å². The zero-order valence-electron chi connectivity index (χ0n) is 9.29.